The van der Waals surface area contributed by atoms with Crippen LogP contribution in [-0.4, -0.2) is 26.2 Å². The van der Waals surface area contributed by atoms with Crippen molar-refractivity contribution >= 4 is 28.8 Å². The molecule has 0 aliphatic rings. The zero-order valence-electron chi connectivity index (χ0n) is 10.9. The maximum Gasteiger partial charge on any atom is 0.137 e. The molecule has 3 rings (SSSR count). The lowest BCUT2D eigenvalue weighted by Gasteiger charge is -2.09. The Morgan fingerprint density at radius 1 is 1.19 bits per heavy atom. The Morgan fingerprint density at radius 2 is 2.00 bits per heavy atom. The lowest BCUT2D eigenvalue weighted by Crippen LogP contribution is -1.89. The van der Waals surface area contributed by atoms with Gasteiger partial charge in [-0.1, -0.05) is 23.2 Å². The summed E-state index contributed by atoms with van der Waals surface area (Å²) in [5.74, 6) is 0.0656. The highest BCUT2D eigenvalue weighted by Gasteiger charge is 2.13. The number of halogens is 2. The lowest BCUT2D eigenvalue weighted by molar-refractivity contribution is 0.298. The predicted octanol–water partition coefficient (Wildman–Crippen LogP) is 3.55. The number of hydrogen-bond donors (Lipinski definition) is 2. The van der Waals surface area contributed by atoms with Crippen LogP contribution in [0.25, 0.3) is 16.8 Å². The highest BCUT2D eigenvalue weighted by molar-refractivity contribution is 6.44. The monoisotopic (exact) mass is 322 g/mol. The molecule has 0 atom stereocenters. The fraction of sp³-hybridized carbons (Fsp3) is 0.133. The third-order valence-electron chi connectivity index (χ3n) is 3.24. The molecule has 21 heavy (non-hydrogen) atoms. The van der Waals surface area contributed by atoms with Crippen LogP contribution in [0.15, 0.2) is 36.7 Å². The van der Waals surface area contributed by atoms with Crippen LogP contribution in [0.4, 0.5) is 0 Å². The Labute approximate surface area is 131 Å². The van der Waals surface area contributed by atoms with Gasteiger partial charge in [-0.25, -0.2) is 4.98 Å². The first-order chi connectivity index (χ1) is 10.1. The third-order valence-corrected chi connectivity index (χ3v) is 4.04. The Morgan fingerprint density at radius 3 is 2.76 bits per heavy atom. The predicted molar refractivity (Wildman–Crippen MR) is 83.1 cm³/mol. The summed E-state index contributed by atoms with van der Waals surface area (Å²) in [6.07, 6.45) is 4.18. The molecule has 2 N–H and O–H groups in total. The Kier molecular flexibility index (Phi) is 3.76. The van der Waals surface area contributed by atoms with Gasteiger partial charge in [-0.3, -0.25) is 0 Å². The van der Waals surface area contributed by atoms with E-state index in [1.54, 1.807) is 6.07 Å². The fourth-order valence-corrected chi connectivity index (χ4v) is 2.67. The molecule has 108 valence electrons. The van der Waals surface area contributed by atoms with Crippen LogP contribution in [0.3, 0.4) is 0 Å². The summed E-state index contributed by atoms with van der Waals surface area (Å²) in [6.45, 7) is 0.0532. The summed E-state index contributed by atoms with van der Waals surface area (Å²) in [6, 6.07) is 6.71. The molecule has 0 radical (unpaired) electrons. The molecule has 0 saturated heterocycles. The van der Waals surface area contributed by atoms with Gasteiger partial charge in [-0.2, -0.15) is 0 Å². The highest BCUT2D eigenvalue weighted by Crippen LogP contribution is 2.40. The van der Waals surface area contributed by atoms with Crippen molar-refractivity contribution in [2.75, 3.05) is 6.61 Å². The number of aliphatic hydroxyl groups is 1. The van der Waals surface area contributed by atoms with Gasteiger partial charge in [0.05, 0.1) is 15.7 Å². The van der Waals surface area contributed by atoms with Crippen molar-refractivity contribution in [1.29, 1.82) is 0 Å². The summed E-state index contributed by atoms with van der Waals surface area (Å²) in [5.41, 5.74) is 2.73. The third kappa shape index (κ3) is 2.58. The molecule has 0 bridgehead atoms. The molecular weight excluding hydrogens is 311 g/mol. The van der Waals surface area contributed by atoms with E-state index in [9.17, 15) is 5.11 Å². The maximum atomic E-state index is 10.0. The zero-order chi connectivity index (χ0) is 15.0. The number of pyridine rings is 1. The minimum Gasteiger partial charge on any atom is -0.507 e. The number of phenols is 1. The molecule has 0 saturated carbocycles. The van der Waals surface area contributed by atoms with Gasteiger partial charge in [-0.15, -0.1) is 0 Å². The minimum atomic E-state index is 0.0532. The number of fused-ring (bicyclic) bond motifs is 1. The molecular formula is C15H12Cl2N2O2. The molecule has 6 heteroatoms. The Hall–Kier alpha value is -1.75. The van der Waals surface area contributed by atoms with Crippen molar-refractivity contribution < 1.29 is 10.2 Å². The van der Waals surface area contributed by atoms with Gasteiger partial charge in [-0.05, 0) is 29.8 Å². The first-order valence-corrected chi connectivity index (χ1v) is 7.11. The summed E-state index contributed by atoms with van der Waals surface area (Å²) >= 11 is 12.2. The largest absolute Gasteiger partial charge is 0.507 e. The Balaban J connectivity index is 2.15. The van der Waals surface area contributed by atoms with E-state index in [4.69, 9.17) is 28.3 Å². The van der Waals surface area contributed by atoms with E-state index in [0.717, 1.165) is 11.3 Å². The fourth-order valence-electron chi connectivity index (χ4n) is 2.24. The van der Waals surface area contributed by atoms with Crippen molar-refractivity contribution in [3.8, 4) is 16.9 Å². The number of nitrogens with zero attached hydrogens (tertiary/aromatic N) is 2. The van der Waals surface area contributed by atoms with Crippen molar-refractivity contribution in [2.24, 2.45) is 0 Å². The maximum absolute atomic E-state index is 10.0. The molecule has 3 aromatic rings. The molecule has 4 nitrogen and oxygen atoms in total. The van der Waals surface area contributed by atoms with E-state index < -0.39 is 0 Å². The van der Waals surface area contributed by atoms with Crippen LogP contribution in [0.1, 0.15) is 5.69 Å². The molecule has 0 spiro atoms. The summed E-state index contributed by atoms with van der Waals surface area (Å²) in [7, 11) is 0. The van der Waals surface area contributed by atoms with Crippen LogP contribution in [0.2, 0.25) is 10.0 Å². The second kappa shape index (κ2) is 5.56. The SMILES string of the molecule is OCCc1cn2ccc(-c3c(O)ccc(Cl)c3Cl)cc2n1. The number of hydrogen-bond acceptors (Lipinski definition) is 3. The average Bonchev–Trinajstić information content (AvgIpc) is 2.85. The van der Waals surface area contributed by atoms with Gasteiger partial charge >= 0.3 is 0 Å². The van der Waals surface area contributed by atoms with E-state index >= 15 is 0 Å². The van der Waals surface area contributed by atoms with Crippen LogP contribution in [-0.2, 0) is 6.42 Å². The smallest absolute Gasteiger partial charge is 0.137 e. The number of aromatic nitrogens is 2. The first kappa shape index (κ1) is 14.2. The molecule has 0 unspecified atom stereocenters. The van der Waals surface area contributed by atoms with Gasteiger partial charge in [0, 0.05) is 31.0 Å². The molecule has 2 heterocycles. The standard InChI is InChI=1S/C15H12Cl2N2O2/c16-11-1-2-12(21)14(15(11)17)9-3-5-19-8-10(4-6-20)18-13(19)7-9/h1-3,5,7-8,20-21H,4,6H2. The molecule has 0 aliphatic heterocycles. The van der Waals surface area contributed by atoms with E-state index in [1.165, 1.54) is 6.07 Å². The zero-order valence-corrected chi connectivity index (χ0v) is 12.4. The quantitative estimate of drug-likeness (QED) is 0.775. The summed E-state index contributed by atoms with van der Waals surface area (Å²) in [5, 5.41) is 19.7. The van der Waals surface area contributed by atoms with Crippen LogP contribution < -0.4 is 0 Å². The van der Waals surface area contributed by atoms with E-state index in [2.05, 4.69) is 4.98 Å². The number of aromatic hydroxyl groups is 1. The van der Waals surface area contributed by atoms with Crippen LogP contribution in [0.5, 0.6) is 5.75 Å². The highest BCUT2D eigenvalue weighted by atomic mass is 35.5. The molecule has 0 amide bonds. The number of benzene rings is 1. The second-order valence-electron chi connectivity index (χ2n) is 4.64. The lowest BCUT2D eigenvalue weighted by atomic mass is 10.1. The van der Waals surface area contributed by atoms with Crippen molar-refractivity contribution in [3.05, 3.63) is 52.4 Å². The first-order valence-electron chi connectivity index (χ1n) is 6.36. The van der Waals surface area contributed by atoms with Crippen LogP contribution >= 0.6 is 23.2 Å². The number of aliphatic hydroxyl groups excluding tert-OH is 1. The number of rotatable bonds is 3. The van der Waals surface area contributed by atoms with Gasteiger partial charge < -0.3 is 14.6 Å². The topological polar surface area (TPSA) is 57.8 Å². The number of imidazole rings is 1. The van der Waals surface area contributed by atoms with Crippen molar-refractivity contribution in [2.45, 2.75) is 6.42 Å². The van der Waals surface area contributed by atoms with Crippen LogP contribution in [0, 0.1) is 0 Å². The van der Waals surface area contributed by atoms with Crippen molar-refractivity contribution in [3.63, 3.8) is 0 Å². The molecule has 2 aromatic heterocycles. The second-order valence-corrected chi connectivity index (χ2v) is 5.43. The van der Waals surface area contributed by atoms with Gasteiger partial charge in [0.25, 0.3) is 0 Å². The molecule has 1 aromatic carbocycles. The average molecular weight is 323 g/mol. The number of phenolic OH excluding ortho intramolecular Hbond substituents is 1. The van der Waals surface area contributed by atoms with E-state index in [1.807, 2.05) is 28.9 Å². The van der Waals surface area contributed by atoms with E-state index in [0.29, 0.717) is 27.7 Å². The summed E-state index contributed by atoms with van der Waals surface area (Å²) in [4.78, 5) is 4.42. The van der Waals surface area contributed by atoms with Gasteiger partial charge in [0.2, 0.25) is 0 Å². The molecule has 0 fully saturated rings. The molecule has 0 aliphatic carbocycles. The Bertz CT molecular complexity index is 815. The van der Waals surface area contributed by atoms with E-state index in [-0.39, 0.29) is 12.4 Å². The van der Waals surface area contributed by atoms with Gasteiger partial charge in [0.1, 0.15) is 11.4 Å². The van der Waals surface area contributed by atoms with Crippen molar-refractivity contribution in [1.82, 2.24) is 9.38 Å². The summed E-state index contributed by atoms with van der Waals surface area (Å²) < 4.78 is 1.85. The van der Waals surface area contributed by atoms with Gasteiger partial charge in [0.15, 0.2) is 0 Å². The normalized spacial score (nSPS) is 11.2. The minimum absolute atomic E-state index is 0.0532.